The average Bonchev–Trinajstić information content (AvgIpc) is 3.49. The highest BCUT2D eigenvalue weighted by molar-refractivity contribution is 6.74. The van der Waals surface area contributed by atoms with E-state index in [4.69, 9.17) is 4.43 Å². The summed E-state index contributed by atoms with van der Waals surface area (Å²) in [7, 11) is -2.05. The Morgan fingerprint density at radius 2 is 1.94 bits per heavy atom. The molecule has 184 valence electrons. The summed E-state index contributed by atoms with van der Waals surface area (Å²) in [5.41, 5.74) is 1.99. The molecule has 0 bridgehead atoms. The third-order valence-corrected chi connectivity index (χ3v) is 11.5. The summed E-state index contributed by atoms with van der Waals surface area (Å²) < 4.78 is 21.5. The Balaban J connectivity index is 1.32. The molecule has 3 aromatic rings. The number of hydrogen-bond donors (Lipinski definition) is 0. The number of carbonyl (C=O) groups excluding carboxylic acids is 1. The fourth-order valence-corrected chi connectivity index (χ4v) is 4.98. The maximum Gasteiger partial charge on any atom is 0.263 e. The van der Waals surface area contributed by atoms with Crippen LogP contribution in [0.1, 0.15) is 43.2 Å². The number of halogens is 1. The molecule has 10 heteroatoms. The highest BCUT2D eigenvalue weighted by Crippen LogP contribution is 2.37. The lowest BCUT2D eigenvalue weighted by molar-refractivity contribution is 0.0995. The van der Waals surface area contributed by atoms with E-state index in [-0.39, 0.29) is 10.9 Å². The van der Waals surface area contributed by atoms with Crippen LogP contribution >= 0.6 is 0 Å². The first kappa shape index (κ1) is 23.5. The second-order valence-corrected chi connectivity index (χ2v) is 15.5. The third-order valence-electron chi connectivity index (χ3n) is 7.18. The van der Waals surface area contributed by atoms with Gasteiger partial charge in [-0.15, -0.1) is 0 Å². The van der Waals surface area contributed by atoms with Crippen molar-refractivity contribution < 1.29 is 13.6 Å². The number of pyridine rings is 2. The maximum absolute atomic E-state index is 13.5. The fourth-order valence-electron chi connectivity index (χ4n) is 4.04. The van der Waals surface area contributed by atoms with Crippen LogP contribution in [-0.2, 0) is 6.54 Å². The fraction of sp³-hybridized carbons (Fsp3) is 0.440. The van der Waals surface area contributed by atoms with Crippen LogP contribution < -0.4 is 14.2 Å². The van der Waals surface area contributed by atoms with Crippen molar-refractivity contribution in [3.63, 3.8) is 0 Å². The molecule has 0 saturated carbocycles. The zero-order valence-electron chi connectivity index (χ0n) is 20.8. The minimum Gasteiger partial charge on any atom is -0.531 e. The summed E-state index contributed by atoms with van der Waals surface area (Å²) in [5.74, 6) is 1.71. The molecule has 2 aliphatic rings. The van der Waals surface area contributed by atoms with E-state index >= 15 is 0 Å². The molecule has 0 radical (unpaired) electrons. The monoisotopic (exact) mass is 494 g/mol. The molecule has 1 atom stereocenters. The van der Waals surface area contributed by atoms with Gasteiger partial charge in [0.05, 0.1) is 36.2 Å². The lowest BCUT2D eigenvalue weighted by atomic mass is 10.2. The zero-order valence-corrected chi connectivity index (χ0v) is 21.8. The molecule has 0 aromatic carbocycles. The van der Waals surface area contributed by atoms with Crippen LogP contribution in [0.25, 0.3) is 5.69 Å². The van der Waals surface area contributed by atoms with E-state index < -0.39 is 14.5 Å². The van der Waals surface area contributed by atoms with Crippen molar-refractivity contribution in [1.82, 2.24) is 19.7 Å². The highest BCUT2D eigenvalue weighted by Gasteiger charge is 2.40. The highest BCUT2D eigenvalue weighted by atomic mass is 28.4. The molecule has 5 heterocycles. The molecular weight excluding hydrogens is 463 g/mol. The van der Waals surface area contributed by atoms with Gasteiger partial charge in [0.15, 0.2) is 0 Å². The van der Waals surface area contributed by atoms with Gasteiger partial charge >= 0.3 is 0 Å². The molecule has 1 amide bonds. The largest absolute Gasteiger partial charge is 0.531 e. The molecule has 0 aliphatic carbocycles. The molecule has 35 heavy (non-hydrogen) atoms. The number of aromatic nitrogens is 4. The number of fused-ring (bicyclic) bond motifs is 1. The van der Waals surface area contributed by atoms with Crippen LogP contribution in [-0.4, -0.2) is 53.2 Å². The molecule has 5 rings (SSSR count). The SMILES string of the molecule is CC(C)(C)[Si](C)(C)Oc1cccc(N2Cc3nn(-c4ccc(N5CC[C@@H](F)C5)nc4)cc3C2=O)n1. The van der Waals surface area contributed by atoms with Gasteiger partial charge in [-0.3, -0.25) is 9.69 Å². The van der Waals surface area contributed by atoms with Gasteiger partial charge in [-0.05, 0) is 48.8 Å². The van der Waals surface area contributed by atoms with E-state index in [1.807, 2.05) is 35.2 Å². The smallest absolute Gasteiger partial charge is 0.263 e. The molecule has 3 aromatic heterocycles. The molecule has 0 N–H and O–H groups in total. The zero-order chi connectivity index (χ0) is 25.0. The van der Waals surface area contributed by atoms with Crippen LogP contribution in [0.5, 0.6) is 5.88 Å². The lowest BCUT2D eigenvalue weighted by Gasteiger charge is -2.36. The molecule has 0 spiro atoms. The van der Waals surface area contributed by atoms with Crippen molar-refractivity contribution in [2.24, 2.45) is 0 Å². The van der Waals surface area contributed by atoms with Gasteiger partial charge < -0.3 is 9.33 Å². The van der Waals surface area contributed by atoms with E-state index in [1.165, 1.54) is 0 Å². The van der Waals surface area contributed by atoms with Crippen LogP contribution in [0.3, 0.4) is 0 Å². The predicted molar refractivity (Wildman–Crippen MR) is 136 cm³/mol. The summed E-state index contributed by atoms with van der Waals surface area (Å²) in [6.45, 7) is 12.3. The molecule has 8 nitrogen and oxygen atoms in total. The van der Waals surface area contributed by atoms with Crippen molar-refractivity contribution in [2.45, 2.75) is 58.0 Å². The van der Waals surface area contributed by atoms with Gasteiger partial charge in [0, 0.05) is 12.7 Å². The van der Waals surface area contributed by atoms with Crippen molar-refractivity contribution in [3.8, 4) is 11.6 Å². The minimum absolute atomic E-state index is 0.0470. The van der Waals surface area contributed by atoms with Crippen molar-refractivity contribution in [3.05, 3.63) is 54.0 Å². The summed E-state index contributed by atoms with van der Waals surface area (Å²) in [6.07, 6.45) is 3.17. The number of nitrogens with zero attached hydrogens (tertiary/aromatic N) is 6. The summed E-state index contributed by atoms with van der Waals surface area (Å²) >= 11 is 0. The number of anilines is 2. The number of rotatable bonds is 5. The summed E-state index contributed by atoms with van der Waals surface area (Å²) in [6, 6.07) is 9.29. The van der Waals surface area contributed by atoms with Crippen molar-refractivity contribution in [2.75, 3.05) is 22.9 Å². The summed E-state index contributed by atoms with van der Waals surface area (Å²) in [5, 5.41) is 4.68. The van der Waals surface area contributed by atoms with E-state index in [1.54, 1.807) is 22.0 Å². The molecule has 1 fully saturated rings. The van der Waals surface area contributed by atoms with Gasteiger partial charge in [-0.2, -0.15) is 10.1 Å². The Bertz CT molecular complexity index is 1250. The lowest BCUT2D eigenvalue weighted by Crippen LogP contribution is -2.44. The van der Waals surface area contributed by atoms with E-state index in [0.29, 0.717) is 49.0 Å². The van der Waals surface area contributed by atoms with Gasteiger partial charge in [-0.25, -0.2) is 14.1 Å². The van der Waals surface area contributed by atoms with E-state index in [0.717, 1.165) is 11.5 Å². The van der Waals surface area contributed by atoms with Gasteiger partial charge in [0.1, 0.15) is 17.8 Å². The second kappa shape index (κ2) is 8.44. The number of carbonyl (C=O) groups is 1. The Labute approximate surface area is 205 Å². The first-order valence-electron chi connectivity index (χ1n) is 11.9. The quantitative estimate of drug-likeness (QED) is 0.476. The Morgan fingerprint density at radius 1 is 1.14 bits per heavy atom. The van der Waals surface area contributed by atoms with Crippen molar-refractivity contribution >= 4 is 25.9 Å². The summed E-state index contributed by atoms with van der Waals surface area (Å²) in [4.78, 5) is 25.9. The van der Waals surface area contributed by atoms with Gasteiger partial charge in [0.25, 0.3) is 14.2 Å². The van der Waals surface area contributed by atoms with Crippen molar-refractivity contribution in [1.29, 1.82) is 0 Å². The number of amides is 1. The van der Waals surface area contributed by atoms with Crippen LogP contribution in [0.2, 0.25) is 18.1 Å². The minimum atomic E-state index is -2.05. The number of alkyl halides is 1. The van der Waals surface area contributed by atoms with Crippen LogP contribution in [0.4, 0.5) is 16.0 Å². The van der Waals surface area contributed by atoms with Gasteiger partial charge in [0.2, 0.25) is 5.88 Å². The Kier molecular flexibility index (Phi) is 5.66. The van der Waals surface area contributed by atoms with E-state index in [9.17, 15) is 9.18 Å². The van der Waals surface area contributed by atoms with Crippen LogP contribution in [0, 0.1) is 0 Å². The predicted octanol–water partition coefficient (Wildman–Crippen LogP) is 4.75. The molecule has 1 saturated heterocycles. The normalized spacial score (nSPS) is 18.3. The first-order valence-corrected chi connectivity index (χ1v) is 14.8. The standard InChI is InChI=1S/C25H31FN6O2Si/c1-25(2,3)35(4,5)34-23-8-6-7-22(28-23)31-16-20-19(24(31)33)15-32(29-20)18-9-10-21(27-13-18)30-12-11-17(26)14-30/h6-10,13,15,17H,11-12,14,16H2,1-5H3/t17-/m1/s1. The second-order valence-electron chi connectivity index (χ2n) is 10.7. The van der Waals surface area contributed by atoms with Gasteiger partial charge in [-0.1, -0.05) is 26.8 Å². The maximum atomic E-state index is 13.5. The van der Waals surface area contributed by atoms with E-state index in [2.05, 4.69) is 48.9 Å². The molecule has 0 unspecified atom stereocenters. The Hall–Kier alpha value is -3.27. The average molecular weight is 495 g/mol. The topological polar surface area (TPSA) is 76.4 Å². The van der Waals surface area contributed by atoms with Crippen LogP contribution in [0.15, 0.2) is 42.7 Å². The molecule has 2 aliphatic heterocycles. The number of hydrogen-bond acceptors (Lipinski definition) is 6. The first-order chi connectivity index (χ1) is 16.5. The third kappa shape index (κ3) is 4.42. The Morgan fingerprint density at radius 3 is 2.57 bits per heavy atom. The molecular formula is C25H31FN6O2Si.